The van der Waals surface area contributed by atoms with Gasteiger partial charge >= 0.3 is 5.97 Å². The van der Waals surface area contributed by atoms with Crippen LogP contribution < -0.4 is 0 Å². The second-order valence-electron chi connectivity index (χ2n) is 7.50. The van der Waals surface area contributed by atoms with Crippen molar-refractivity contribution in [1.82, 2.24) is 9.88 Å². The Balaban J connectivity index is 1.60. The maximum atomic E-state index is 12.6. The number of rotatable bonds is 7. The molecule has 1 aliphatic rings. The first-order valence-corrected chi connectivity index (χ1v) is 11.7. The number of carbonyl (C=O) groups excluding carboxylic acids is 2. The first kappa shape index (κ1) is 22.2. The minimum atomic E-state index is -1.42. The number of carbonyl (C=O) groups is 2. The van der Waals surface area contributed by atoms with Crippen molar-refractivity contribution in [2.24, 2.45) is 5.92 Å². The number of likely N-dealkylation sites (tertiary alicyclic amines) is 1. The summed E-state index contributed by atoms with van der Waals surface area (Å²) >= 11 is 0. The highest BCUT2D eigenvalue weighted by Gasteiger charge is 2.30. The van der Waals surface area contributed by atoms with Gasteiger partial charge in [-0.15, -0.1) is 0 Å². The molecule has 0 aliphatic carbocycles. The first-order valence-electron chi connectivity index (χ1n) is 10.2. The summed E-state index contributed by atoms with van der Waals surface area (Å²) in [6, 6.07) is 7.78. The number of amides is 1. The predicted octanol–water partition coefficient (Wildman–Crippen LogP) is 3.01. The van der Waals surface area contributed by atoms with Crippen LogP contribution in [0.3, 0.4) is 0 Å². The molecule has 7 nitrogen and oxygen atoms in total. The Morgan fingerprint density at radius 1 is 1.30 bits per heavy atom. The van der Waals surface area contributed by atoms with Gasteiger partial charge < -0.3 is 14.1 Å². The van der Waals surface area contributed by atoms with Crippen molar-refractivity contribution in [3.8, 4) is 11.5 Å². The van der Waals surface area contributed by atoms with E-state index in [1.807, 2.05) is 31.2 Å². The van der Waals surface area contributed by atoms with Gasteiger partial charge in [-0.3, -0.25) is 13.8 Å². The van der Waals surface area contributed by atoms with Gasteiger partial charge in [-0.1, -0.05) is 18.2 Å². The minimum absolute atomic E-state index is 0.0957. The number of benzene rings is 1. The van der Waals surface area contributed by atoms with E-state index in [-0.39, 0.29) is 29.3 Å². The van der Waals surface area contributed by atoms with Crippen molar-refractivity contribution in [1.29, 1.82) is 0 Å². The summed E-state index contributed by atoms with van der Waals surface area (Å²) in [7, 11) is -1.42. The Morgan fingerprint density at radius 3 is 2.80 bits per heavy atom. The molecular weight excluding hydrogens is 404 g/mol. The van der Waals surface area contributed by atoms with E-state index in [1.165, 1.54) is 0 Å². The van der Waals surface area contributed by atoms with Gasteiger partial charge in [0, 0.05) is 29.5 Å². The molecule has 0 radical (unpaired) electrons. The van der Waals surface area contributed by atoms with Gasteiger partial charge in [0.1, 0.15) is 11.5 Å². The van der Waals surface area contributed by atoms with Gasteiger partial charge in [0.25, 0.3) is 0 Å². The third-order valence-corrected chi connectivity index (χ3v) is 6.41. The summed E-state index contributed by atoms with van der Waals surface area (Å²) in [6.45, 7) is 6.77. The van der Waals surface area contributed by atoms with Crippen LogP contribution in [0.25, 0.3) is 11.5 Å². The molecule has 1 aliphatic heterocycles. The number of piperidine rings is 1. The van der Waals surface area contributed by atoms with E-state index < -0.39 is 10.8 Å². The molecule has 3 rings (SSSR count). The molecular formula is C22H28N2O5S. The fraction of sp³-hybridized carbons (Fsp3) is 0.500. The second kappa shape index (κ2) is 10.0. The van der Waals surface area contributed by atoms with Gasteiger partial charge in [0.15, 0.2) is 0 Å². The van der Waals surface area contributed by atoms with E-state index in [2.05, 4.69) is 4.98 Å². The van der Waals surface area contributed by atoms with Gasteiger partial charge in [0.2, 0.25) is 11.8 Å². The molecule has 2 atom stereocenters. The molecule has 2 aromatic rings. The molecule has 0 saturated carbocycles. The molecule has 2 heterocycles. The first-order chi connectivity index (χ1) is 14.4. The lowest BCUT2D eigenvalue weighted by molar-refractivity contribution is -0.151. The second-order valence-corrected chi connectivity index (χ2v) is 8.95. The van der Waals surface area contributed by atoms with E-state index in [1.54, 1.807) is 18.7 Å². The topological polar surface area (TPSA) is 89.7 Å². The molecule has 1 amide bonds. The highest BCUT2D eigenvalue weighted by molar-refractivity contribution is 7.84. The summed E-state index contributed by atoms with van der Waals surface area (Å²) in [5.41, 5.74) is 2.54. The van der Waals surface area contributed by atoms with Gasteiger partial charge in [-0.25, -0.2) is 4.98 Å². The van der Waals surface area contributed by atoms with Crippen LogP contribution in [0.4, 0.5) is 0 Å². The third-order valence-electron chi connectivity index (χ3n) is 5.24. The Morgan fingerprint density at radius 2 is 2.07 bits per heavy atom. The summed E-state index contributed by atoms with van der Waals surface area (Å²) < 4.78 is 23.5. The van der Waals surface area contributed by atoms with Crippen molar-refractivity contribution < 1.29 is 23.0 Å². The summed E-state index contributed by atoms with van der Waals surface area (Å²) in [6.07, 6.45) is 1.45. The SMILES string of the molecule is CCOC(=O)[C@H]1CCCN(C(=O)C[S@](=O)Cc2nc(-c3ccccc3C)oc2C)C1. The highest BCUT2D eigenvalue weighted by atomic mass is 32.2. The van der Waals surface area contributed by atoms with Crippen LogP contribution in [0, 0.1) is 19.8 Å². The quantitative estimate of drug-likeness (QED) is 0.625. The number of aryl methyl sites for hydroxylation is 2. The number of ether oxygens (including phenoxy) is 1. The number of hydrogen-bond acceptors (Lipinski definition) is 6. The van der Waals surface area contributed by atoms with E-state index in [0.717, 1.165) is 17.5 Å². The van der Waals surface area contributed by atoms with E-state index >= 15 is 0 Å². The Kier molecular flexibility index (Phi) is 7.42. The monoisotopic (exact) mass is 432 g/mol. The lowest BCUT2D eigenvalue weighted by atomic mass is 9.98. The van der Waals surface area contributed by atoms with Crippen LogP contribution in [0.15, 0.2) is 28.7 Å². The molecule has 1 fully saturated rings. The van der Waals surface area contributed by atoms with Crippen molar-refractivity contribution in [3.05, 3.63) is 41.3 Å². The zero-order chi connectivity index (χ0) is 21.7. The van der Waals surface area contributed by atoms with Crippen LogP contribution in [-0.4, -0.2) is 51.4 Å². The third kappa shape index (κ3) is 5.36. The molecule has 0 bridgehead atoms. The van der Waals surface area contributed by atoms with Crippen molar-refractivity contribution in [2.45, 2.75) is 39.4 Å². The standard InChI is InChI=1S/C22H28N2O5S/c1-4-28-22(26)17-9-7-11-24(12-17)20(25)14-30(27)13-19-16(3)29-21(23-19)18-10-6-5-8-15(18)2/h5-6,8,10,17H,4,7,9,11-14H2,1-3H3/t17-,30+/m0/s1. The molecule has 162 valence electrons. The Bertz CT molecular complexity index is 939. The van der Waals surface area contributed by atoms with Gasteiger partial charge in [-0.2, -0.15) is 0 Å². The molecule has 1 saturated heterocycles. The predicted molar refractivity (Wildman–Crippen MR) is 114 cm³/mol. The number of nitrogens with zero attached hydrogens (tertiary/aromatic N) is 2. The summed E-state index contributed by atoms with van der Waals surface area (Å²) in [5.74, 6) is 0.391. The van der Waals surface area contributed by atoms with Crippen LogP contribution in [0.2, 0.25) is 0 Å². The van der Waals surface area contributed by atoms with E-state index in [9.17, 15) is 13.8 Å². The Hall–Kier alpha value is -2.48. The Labute approximate surface area is 179 Å². The number of hydrogen-bond donors (Lipinski definition) is 0. The van der Waals surface area contributed by atoms with Crippen molar-refractivity contribution >= 4 is 22.7 Å². The smallest absolute Gasteiger partial charge is 0.310 e. The average molecular weight is 433 g/mol. The lowest BCUT2D eigenvalue weighted by Gasteiger charge is -2.31. The van der Waals surface area contributed by atoms with Crippen molar-refractivity contribution in [2.75, 3.05) is 25.4 Å². The maximum Gasteiger partial charge on any atom is 0.310 e. The fourth-order valence-corrected chi connectivity index (χ4v) is 4.71. The molecule has 0 unspecified atom stereocenters. The molecule has 0 N–H and O–H groups in total. The van der Waals surface area contributed by atoms with Crippen molar-refractivity contribution in [3.63, 3.8) is 0 Å². The molecule has 1 aromatic carbocycles. The van der Waals surface area contributed by atoms with Crippen LogP contribution in [0.5, 0.6) is 0 Å². The molecule has 0 spiro atoms. The largest absolute Gasteiger partial charge is 0.466 e. The summed E-state index contributed by atoms with van der Waals surface area (Å²) in [5, 5.41) is 0. The number of aromatic nitrogens is 1. The summed E-state index contributed by atoms with van der Waals surface area (Å²) in [4.78, 5) is 30.7. The van der Waals surface area contributed by atoms with Gasteiger partial charge in [-0.05, 0) is 45.2 Å². The normalized spacial score (nSPS) is 17.6. The van der Waals surface area contributed by atoms with Gasteiger partial charge in [0.05, 0.1) is 24.0 Å². The molecule has 30 heavy (non-hydrogen) atoms. The molecule has 8 heteroatoms. The van der Waals surface area contributed by atoms with E-state index in [4.69, 9.17) is 9.15 Å². The fourth-order valence-electron chi connectivity index (χ4n) is 3.58. The highest BCUT2D eigenvalue weighted by Crippen LogP contribution is 2.25. The lowest BCUT2D eigenvalue weighted by Crippen LogP contribution is -2.44. The number of oxazole rings is 1. The average Bonchev–Trinajstić information content (AvgIpc) is 3.08. The number of esters is 1. The maximum absolute atomic E-state index is 12.6. The van der Waals surface area contributed by atoms with Crippen LogP contribution in [-0.2, 0) is 30.9 Å². The molecule has 1 aromatic heterocycles. The van der Waals surface area contributed by atoms with Crippen LogP contribution in [0.1, 0.15) is 36.8 Å². The zero-order valence-corrected chi connectivity index (χ0v) is 18.5. The minimum Gasteiger partial charge on any atom is -0.466 e. The zero-order valence-electron chi connectivity index (χ0n) is 17.7. The van der Waals surface area contributed by atoms with E-state index in [0.29, 0.717) is 43.5 Å². The van der Waals surface area contributed by atoms with Crippen LogP contribution >= 0.6 is 0 Å².